The molecule has 0 aliphatic carbocycles. The van der Waals surface area contributed by atoms with Gasteiger partial charge in [0, 0.05) is 51.4 Å². The summed E-state index contributed by atoms with van der Waals surface area (Å²) >= 11 is 0. The van der Waals surface area contributed by atoms with Crippen molar-refractivity contribution in [1.29, 1.82) is 0 Å². The van der Waals surface area contributed by atoms with Gasteiger partial charge in [-0.3, -0.25) is 0 Å². The average Bonchev–Trinajstić information content (AvgIpc) is 0.801. The molecule has 0 spiro atoms. The lowest BCUT2D eigenvalue weighted by Crippen LogP contribution is -2.14. The van der Waals surface area contributed by atoms with Crippen LogP contribution < -0.4 is 44.4 Å². The molecule has 111 heavy (non-hydrogen) atoms. The highest BCUT2D eigenvalue weighted by atomic mass is 16.6. The van der Waals surface area contributed by atoms with Crippen LogP contribution in [0.1, 0.15) is 143 Å². The molecule has 0 aliphatic heterocycles. The Bertz CT molecular complexity index is 4410. The lowest BCUT2D eigenvalue weighted by Gasteiger charge is -2.20. The molecule has 3 heterocycles. The Hall–Kier alpha value is -11.8. The van der Waals surface area contributed by atoms with Crippen LogP contribution in [-0.2, 0) is 59.2 Å². The average molecular weight is 1550 g/mol. The van der Waals surface area contributed by atoms with Crippen LogP contribution in [0, 0.1) is 0 Å². The third kappa shape index (κ3) is 33.3. The zero-order valence-electron chi connectivity index (χ0n) is 63.6. The molecule has 6 aromatic carbocycles. The summed E-state index contributed by atoms with van der Waals surface area (Å²) in [5.41, 5.74) is 7.56. The van der Waals surface area contributed by atoms with E-state index in [0.29, 0.717) is 61.7 Å². The minimum Gasteiger partial charge on any atom is -0.487 e. The van der Waals surface area contributed by atoms with E-state index in [2.05, 4.69) is 126 Å². The molecule has 30 nitrogen and oxygen atoms in total. The number of carboxylic acids is 6. The van der Waals surface area contributed by atoms with Crippen molar-refractivity contribution >= 4 is 103 Å². The SMILES string of the molecule is C.C.C.CC.CC.CC.CC(C)(C)c1cccc(Nc2ncnc3cc(OCC(=O)O)c(OCC(=O)O)cc23)c1.CC(C)(C)c1cccc(Nc2ncnc3cc(OCCOCC(=O)O)c(OCC(=O)O)cc23)c1.CC(C)(C)c1cccc(Nc2ncnc3cc(OCCOCC(=O)O)c(OCCOCC(=O)O)cc23)c1. The van der Waals surface area contributed by atoms with Gasteiger partial charge in [0.2, 0.25) is 0 Å². The van der Waals surface area contributed by atoms with Crippen molar-refractivity contribution in [1.82, 2.24) is 29.9 Å². The van der Waals surface area contributed by atoms with Gasteiger partial charge in [-0.2, -0.15) is 0 Å². The van der Waals surface area contributed by atoms with Gasteiger partial charge in [0.15, 0.2) is 54.3 Å². The van der Waals surface area contributed by atoms with Crippen molar-refractivity contribution in [2.75, 3.05) is 95.2 Å². The second-order valence-corrected chi connectivity index (χ2v) is 25.4. The molecule has 0 saturated heterocycles. The predicted molar refractivity (Wildman–Crippen MR) is 429 cm³/mol. The molecule has 0 amide bonds. The van der Waals surface area contributed by atoms with Gasteiger partial charge in [-0.05, 0) is 87.5 Å². The van der Waals surface area contributed by atoms with E-state index in [0.717, 1.165) is 28.2 Å². The third-order valence-electron chi connectivity index (χ3n) is 14.3. The Morgan fingerprint density at radius 2 is 0.532 bits per heavy atom. The number of nitrogens with one attached hydrogen (secondary N) is 3. The number of aliphatic carboxylic acids is 6. The lowest BCUT2D eigenvalue weighted by molar-refractivity contribution is -0.143. The fraction of sp³-hybridized carbons (Fsp3) is 0.407. The van der Waals surface area contributed by atoms with Crippen LogP contribution in [0.4, 0.5) is 34.5 Å². The van der Waals surface area contributed by atoms with E-state index in [1.807, 2.05) is 96.1 Å². The number of hydrogen-bond donors (Lipinski definition) is 9. The highest BCUT2D eigenvalue weighted by Crippen LogP contribution is 2.39. The zero-order valence-corrected chi connectivity index (χ0v) is 63.6. The van der Waals surface area contributed by atoms with E-state index in [4.69, 9.17) is 73.3 Å². The standard InChI is InChI=1S/C26H31N3O8.C24H27N3O7.C22H23N3O6.3C2H6.3CH4/c1-26(2,3)17-5-4-6-18(11-17)29-25-19-12-21(36-9-7-34-14-23(30)31)22(13-20(19)27-16-28-25)37-10-8-35-15-24(32)33;1-24(2,3)15-5-4-6-16(9-15)27-23-17-10-19(34-13-22(30)31)20(11-18(17)25-14-26-23)33-8-7-32-12-21(28)29;1-22(2,3)13-5-4-6-14(7-13)25-21-15-8-17(30-10-19(26)27)18(31-11-20(28)29)9-16(15)23-12-24-21;3*1-2;;;/h4-6,11-13,16H,7-10,14-15H2,1-3H3,(H,30,31)(H,32,33)(H,27,28,29);4-6,9-11,14H,7-8,12-13H2,1-3H3,(H,28,29)(H,30,31)(H,25,26,27);4-9,12H,10-11H2,1-3H3,(H,26,27)(H,28,29)(H,23,24,25);3*1-2H3;3*1H4. The number of rotatable bonds is 33. The number of nitrogens with zero attached hydrogens (tertiary/aromatic N) is 6. The second kappa shape index (κ2) is 48.6. The van der Waals surface area contributed by atoms with E-state index >= 15 is 0 Å². The lowest BCUT2D eigenvalue weighted by atomic mass is 9.87. The summed E-state index contributed by atoms with van der Waals surface area (Å²) in [6.45, 7) is 28.5. The minimum atomic E-state index is -1.18. The fourth-order valence-corrected chi connectivity index (χ4v) is 9.30. The number of fused-ring (bicyclic) bond motifs is 3. The summed E-state index contributed by atoms with van der Waals surface area (Å²) in [7, 11) is 0. The molecule has 0 fully saturated rings. The van der Waals surface area contributed by atoms with E-state index < -0.39 is 75.5 Å². The van der Waals surface area contributed by atoms with Crippen LogP contribution in [0.3, 0.4) is 0 Å². The van der Waals surface area contributed by atoms with Gasteiger partial charge in [-0.15, -0.1) is 0 Å². The van der Waals surface area contributed by atoms with Crippen molar-refractivity contribution in [3.05, 3.63) is 145 Å². The Balaban J connectivity index is 0.000000796. The normalized spacial score (nSPS) is 10.5. The maximum atomic E-state index is 11.1. The molecule has 0 saturated carbocycles. The number of carbonyl (C=O) groups is 6. The third-order valence-corrected chi connectivity index (χ3v) is 14.3. The summed E-state index contributed by atoms with van der Waals surface area (Å²) in [4.78, 5) is 90.6. The highest BCUT2D eigenvalue weighted by molar-refractivity contribution is 5.95. The largest absolute Gasteiger partial charge is 0.487 e. The number of hydrogen-bond acceptors (Lipinski definition) is 24. The van der Waals surface area contributed by atoms with Gasteiger partial charge in [0.1, 0.15) is 76.1 Å². The summed E-state index contributed by atoms with van der Waals surface area (Å²) in [6.07, 6.45) is 4.23. The summed E-state index contributed by atoms with van der Waals surface area (Å²) in [6, 6.07) is 33.7. The quantitative estimate of drug-likeness (QED) is 0.0172. The van der Waals surface area contributed by atoms with Crippen molar-refractivity contribution in [3.8, 4) is 34.5 Å². The topological polar surface area (TPSA) is 420 Å². The molecular formula is C81H111N9O21. The predicted octanol–water partition coefficient (Wildman–Crippen LogP) is 15.8. The second-order valence-electron chi connectivity index (χ2n) is 25.4. The minimum absolute atomic E-state index is 0. The molecule has 9 N–H and O–H groups in total. The highest BCUT2D eigenvalue weighted by Gasteiger charge is 2.21. The first-order valence-electron chi connectivity index (χ1n) is 34.7. The molecule has 0 atom stereocenters. The molecule has 0 bridgehead atoms. The number of carboxylic acid groups (broad SMARTS) is 6. The van der Waals surface area contributed by atoms with Crippen LogP contribution in [0.25, 0.3) is 32.7 Å². The van der Waals surface area contributed by atoms with Gasteiger partial charge < -0.3 is 89.2 Å². The van der Waals surface area contributed by atoms with Crippen LogP contribution >= 0.6 is 0 Å². The number of anilines is 6. The van der Waals surface area contributed by atoms with Gasteiger partial charge in [0.25, 0.3) is 0 Å². The molecule has 0 aliphatic rings. The molecule has 3 aromatic heterocycles. The summed E-state index contributed by atoms with van der Waals surface area (Å²) in [5.74, 6) is -3.80. The first-order chi connectivity index (χ1) is 51.4. The first kappa shape index (κ1) is 97.3. The van der Waals surface area contributed by atoms with E-state index in [1.54, 1.807) is 24.3 Å². The van der Waals surface area contributed by atoms with E-state index in [1.165, 1.54) is 36.7 Å². The Morgan fingerprint density at radius 1 is 0.306 bits per heavy atom. The number of ether oxygens (including phenoxy) is 9. The monoisotopic (exact) mass is 1550 g/mol. The molecule has 0 unspecified atom stereocenters. The summed E-state index contributed by atoms with van der Waals surface area (Å²) in [5, 5.41) is 64.7. The Labute approximate surface area is 649 Å². The van der Waals surface area contributed by atoms with E-state index in [9.17, 15) is 28.8 Å². The van der Waals surface area contributed by atoms with Gasteiger partial charge in [-0.1, -0.05) is 163 Å². The van der Waals surface area contributed by atoms with Gasteiger partial charge >= 0.3 is 35.8 Å². The van der Waals surface area contributed by atoms with Crippen LogP contribution in [0.5, 0.6) is 34.5 Å². The first-order valence-corrected chi connectivity index (χ1v) is 34.7. The molecule has 9 rings (SSSR count). The number of aromatic nitrogens is 6. The van der Waals surface area contributed by atoms with Crippen LogP contribution in [0.2, 0.25) is 0 Å². The molecular weight excluding hydrogens is 1430 g/mol. The Kier molecular flexibility index (Phi) is 42.6. The van der Waals surface area contributed by atoms with Crippen molar-refractivity contribution < 1.29 is 102 Å². The van der Waals surface area contributed by atoms with Crippen molar-refractivity contribution in [3.63, 3.8) is 0 Å². The maximum absolute atomic E-state index is 11.1. The van der Waals surface area contributed by atoms with Crippen LogP contribution in [0.15, 0.2) is 128 Å². The molecule has 9 aromatic rings. The van der Waals surface area contributed by atoms with Gasteiger partial charge in [0.05, 0.1) is 36.4 Å². The Morgan fingerprint density at radius 3 is 0.766 bits per heavy atom. The molecule has 0 radical (unpaired) electrons. The fourth-order valence-electron chi connectivity index (χ4n) is 9.30. The van der Waals surface area contributed by atoms with Crippen LogP contribution in [-0.4, -0.2) is 176 Å². The maximum Gasteiger partial charge on any atom is 0.341 e. The van der Waals surface area contributed by atoms with Crippen molar-refractivity contribution in [2.45, 2.75) is 142 Å². The smallest absolute Gasteiger partial charge is 0.341 e. The van der Waals surface area contributed by atoms with E-state index in [-0.39, 0.29) is 101 Å². The summed E-state index contributed by atoms with van der Waals surface area (Å²) < 4.78 is 48.3. The van der Waals surface area contributed by atoms with Crippen molar-refractivity contribution in [2.24, 2.45) is 0 Å². The zero-order chi connectivity index (χ0) is 80.2. The number of benzene rings is 6. The molecule has 30 heteroatoms. The van der Waals surface area contributed by atoms with Gasteiger partial charge in [-0.25, -0.2) is 58.7 Å². The molecule has 606 valence electrons.